The summed E-state index contributed by atoms with van der Waals surface area (Å²) < 4.78 is 5.09. The second-order valence-corrected chi connectivity index (χ2v) is 5.25. The van der Waals surface area contributed by atoms with Gasteiger partial charge in [-0.1, -0.05) is 20.8 Å². The molecule has 0 aromatic carbocycles. The first-order chi connectivity index (χ1) is 8.95. The van der Waals surface area contributed by atoms with Crippen molar-refractivity contribution in [2.75, 3.05) is 5.32 Å². The minimum atomic E-state index is -0.247. The Morgan fingerprint density at radius 1 is 1.47 bits per heavy atom. The number of carbonyl (C=O) groups is 1. The van der Waals surface area contributed by atoms with Crippen LogP contribution in [0.15, 0.2) is 35.0 Å². The lowest BCUT2D eigenvalue weighted by molar-refractivity contribution is -0.111. The highest BCUT2D eigenvalue weighted by Crippen LogP contribution is 2.21. The van der Waals surface area contributed by atoms with Gasteiger partial charge in [0.05, 0.1) is 6.26 Å². The first kappa shape index (κ1) is 13.1. The molecule has 0 fully saturated rings. The van der Waals surface area contributed by atoms with Crippen LogP contribution in [-0.2, 0) is 10.2 Å². The summed E-state index contributed by atoms with van der Waals surface area (Å²) in [5, 5.41) is 9.65. The summed E-state index contributed by atoms with van der Waals surface area (Å²) in [6.07, 6.45) is 4.57. The summed E-state index contributed by atoms with van der Waals surface area (Å²) in [6, 6.07) is 5.37. The molecule has 0 atom stereocenters. The Morgan fingerprint density at radius 2 is 2.26 bits per heavy atom. The third kappa shape index (κ3) is 3.58. The van der Waals surface area contributed by atoms with E-state index in [0.29, 0.717) is 11.6 Å². The Labute approximate surface area is 111 Å². The van der Waals surface area contributed by atoms with Crippen molar-refractivity contribution < 1.29 is 9.21 Å². The number of nitrogens with one attached hydrogen (secondary N) is 2. The van der Waals surface area contributed by atoms with Crippen molar-refractivity contribution in [2.24, 2.45) is 0 Å². The fraction of sp³-hybridized carbons (Fsp3) is 0.286. The molecule has 0 aliphatic heterocycles. The molecular weight excluding hydrogens is 242 g/mol. The standard InChI is InChI=1S/C14H17N3O2/c1-14(2,3)11-9-12(17-16-11)15-13(18)7-6-10-5-4-8-19-10/h4-9H,1-3H3,(H2,15,16,17,18)/b7-6+. The van der Waals surface area contributed by atoms with Crippen LogP contribution in [0.25, 0.3) is 6.08 Å². The van der Waals surface area contributed by atoms with Gasteiger partial charge in [-0.25, -0.2) is 0 Å². The van der Waals surface area contributed by atoms with Crippen LogP contribution in [0.4, 0.5) is 5.82 Å². The first-order valence-corrected chi connectivity index (χ1v) is 6.03. The summed E-state index contributed by atoms with van der Waals surface area (Å²) in [7, 11) is 0. The summed E-state index contributed by atoms with van der Waals surface area (Å²) in [5.41, 5.74) is 0.942. The lowest BCUT2D eigenvalue weighted by atomic mass is 9.92. The maximum Gasteiger partial charge on any atom is 0.249 e. The molecule has 1 amide bonds. The molecule has 2 N–H and O–H groups in total. The molecule has 5 heteroatoms. The average Bonchev–Trinajstić information content (AvgIpc) is 2.95. The molecular formula is C14H17N3O2. The third-order valence-electron chi connectivity index (χ3n) is 2.58. The highest BCUT2D eigenvalue weighted by Gasteiger charge is 2.16. The summed E-state index contributed by atoms with van der Waals surface area (Å²) >= 11 is 0. The molecule has 0 unspecified atom stereocenters. The maximum absolute atomic E-state index is 11.7. The van der Waals surface area contributed by atoms with E-state index in [1.807, 2.05) is 6.07 Å². The van der Waals surface area contributed by atoms with E-state index in [4.69, 9.17) is 4.42 Å². The summed E-state index contributed by atoms with van der Waals surface area (Å²) in [6.45, 7) is 6.22. The number of furan rings is 1. The molecule has 2 heterocycles. The van der Waals surface area contributed by atoms with Gasteiger partial charge in [0.15, 0.2) is 5.82 Å². The van der Waals surface area contributed by atoms with Crippen LogP contribution in [0.2, 0.25) is 0 Å². The van der Waals surface area contributed by atoms with Crippen LogP contribution in [0.5, 0.6) is 0 Å². The van der Waals surface area contributed by atoms with E-state index in [1.54, 1.807) is 24.5 Å². The molecule has 0 radical (unpaired) electrons. The lowest BCUT2D eigenvalue weighted by Gasteiger charge is -2.14. The molecule has 19 heavy (non-hydrogen) atoms. The number of anilines is 1. The Hall–Kier alpha value is -2.30. The smallest absolute Gasteiger partial charge is 0.249 e. The Kier molecular flexibility index (Phi) is 3.55. The van der Waals surface area contributed by atoms with Gasteiger partial charge in [0.1, 0.15) is 5.76 Å². The van der Waals surface area contributed by atoms with Crippen molar-refractivity contribution in [3.8, 4) is 0 Å². The molecule has 0 spiro atoms. The van der Waals surface area contributed by atoms with Gasteiger partial charge in [-0.2, -0.15) is 5.10 Å². The summed E-state index contributed by atoms with van der Waals surface area (Å²) in [4.78, 5) is 11.7. The number of carbonyl (C=O) groups excluding carboxylic acids is 1. The van der Waals surface area contributed by atoms with E-state index in [1.165, 1.54) is 6.08 Å². The molecule has 0 bridgehead atoms. The highest BCUT2D eigenvalue weighted by molar-refractivity contribution is 6.01. The fourth-order valence-corrected chi connectivity index (χ4v) is 1.48. The molecule has 5 nitrogen and oxygen atoms in total. The van der Waals surface area contributed by atoms with E-state index < -0.39 is 0 Å². The Balaban J connectivity index is 1.98. The minimum absolute atomic E-state index is 0.0278. The normalized spacial score (nSPS) is 11.9. The van der Waals surface area contributed by atoms with E-state index >= 15 is 0 Å². The second-order valence-electron chi connectivity index (χ2n) is 5.25. The van der Waals surface area contributed by atoms with Gasteiger partial charge < -0.3 is 9.73 Å². The van der Waals surface area contributed by atoms with Crippen molar-refractivity contribution in [3.63, 3.8) is 0 Å². The third-order valence-corrected chi connectivity index (χ3v) is 2.58. The number of aromatic nitrogens is 2. The van der Waals surface area contributed by atoms with Gasteiger partial charge in [0.25, 0.3) is 0 Å². The number of hydrogen-bond acceptors (Lipinski definition) is 3. The molecule has 2 aromatic heterocycles. The predicted octanol–water partition coefficient (Wildman–Crippen LogP) is 2.95. The van der Waals surface area contributed by atoms with Gasteiger partial charge >= 0.3 is 0 Å². The van der Waals surface area contributed by atoms with Crippen LogP contribution in [-0.4, -0.2) is 16.1 Å². The Bertz CT molecular complexity index is 574. The van der Waals surface area contributed by atoms with Crippen LogP contribution < -0.4 is 5.32 Å². The number of H-pyrrole nitrogens is 1. The van der Waals surface area contributed by atoms with E-state index in [-0.39, 0.29) is 11.3 Å². The zero-order valence-electron chi connectivity index (χ0n) is 11.2. The molecule has 0 saturated carbocycles. The molecule has 0 aliphatic carbocycles. The van der Waals surface area contributed by atoms with Gasteiger partial charge in [-0.3, -0.25) is 9.89 Å². The first-order valence-electron chi connectivity index (χ1n) is 6.03. The largest absolute Gasteiger partial charge is 0.465 e. The zero-order chi connectivity index (χ0) is 13.9. The van der Waals surface area contributed by atoms with Crippen molar-refractivity contribution in [1.29, 1.82) is 0 Å². The number of amides is 1. The topological polar surface area (TPSA) is 70.9 Å². The van der Waals surface area contributed by atoms with E-state index in [0.717, 1.165) is 5.69 Å². The highest BCUT2D eigenvalue weighted by atomic mass is 16.3. The van der Waals surface area contributed by atoms with Gasteiger partial charge in [-0.15, -0.1) is 0 Å². The van der Waals surface area contributed by atoms with Crippen molar-refractivity contribution in [1.82, 2.24) is 10.2 Å². The van der Waals surface area contributed by atoms with Gasteiger partial charge in [0.2, 0.25) is 5.91 Å². The number of nitrogens with zero attached hydrogens (tertiary/aromatic N) is 1. The lowest BCUT2D eigenvalue weighted by Crippen LogP contribution is -2.11. The van der Waals surface area contributed by atoms with E-state index in [2.05, 4.69) is 36.3 Å². The SMILES string of the molecule is CC(C)(C)c1cc(NC(=O)/C=C/c2ccco2)n[nH]1. The molecule has 0 saturated heterocycles. The Morgan fingerprint density at radius 3 is 2.84 bits per heavy atom. The van der Waals surface area contributed by atoms with Crippen molar-refractivity contribution in [2.45, 2.75) is 26.2 Å². The molecule has 2 rings (SSSR count). The van der Waals surface area contributed by atoms with Gasteiger partial charge in [-0.05, 0) is 18.2 Å². The van der Waals surface area contributed by atoms with Crippen LogP contribution in [0, 0.1) is 0 Å². The summed E-state index contributed by atoms with van der Waals surface area (Å²) in [5.74, 6) is 0.898. The van der Waals surface area contributed by atoms with Crippen LogP contribution >= 0.6 is 0 Å². The average molecular weight is 259 g/mol. The van der Waals surface area contributed by atoms with Crippen LogP contribution in [0.1, 0.15) is 32.2 Å². The quantitative estimate of drug-likeness (QED) is 0.832. The predicted molar refractivity (Wildman–Crippen MR) is 73.7 cm³/mol. The fourth-order valence-electron chi connectivity index (χ4n) is 1.48. The van der Waals surface area contributed by atoms with Crippen LogP contribution in [0.3, 0.4) is 0 Å². The minimum Gasteiger partial charge on any atom is -0.465 e. The number of hydrogen-bond donors (Lipinski definition) is 2. The van der Waals surface area contributed by atoms with Crippen molar-refractivity contribution in [3.05, 3.63) is 42.0 Å². The molecule has 0 aliphatic rings. The van der Waals surface area contributed by atoms with Gasteiger partial charge in [0, 0.05) is 23.3 Å². The number of aromatic amines is 1. The van der Waals surface area contributed by atoms with Crippen molar-refractivity contribution >= 4 is 17.8 Å². The van der Waals surface area contributed by atoms with E-state index in [9.17, 15) is 4.79 Å². The number of rotatable bonds is 3. The zero-order valence-corrected chi connectivity index (χ0v) is 11.2. The monoisotopic (exact) mass is 259 g/mol. The second kappa shape index (κ2) is 5.14. The molecule has 2 aromatic rings. The molecule has 100 valence electrons. The maximum atomic E-state index is 11.7.